The number of nitrogens with zero attached hydrogens (tertiary/aromatic N) is 1. The summed E-state index contributed by atoms with van der Waals surface area (Å²) < 4.78 is 10.6. The minimum Gasteiger partial charge on any atom is -0.454 e. The van der Waals surface area contributed by atoms with Gasteiger partial charge < -0.3 is 19.7 Å². The molecule has 0 radical (unpaired) electrons. The summed E-state index contributed by atoms with van der Waals surface area (Å²) in [6.45, 7) is 5.31. The zero-order valence-corrected chi connectivity index (χ0v) is 13.5. The van der Waals surface area contributed by atoms with E-state index in [-0.39, 0.29) is 30.6 Å². The molecular weight excluding hydrogens is 296 g/mol. The zero-order valence-electron chi connectivity index (χ0n) is 13.5. The third-order valence-electron chi connectivity index (χ3n) is 4.20. The molecule has 6 heteroatoms. The number of carbonyl (C=O) groups excluding carboxylic acids is 2. The van der Waals surface area contributed by atoms with Gasteiger partial charge in [-0.3, -0.25) is 9.59 Å². The van der Waals surface area contributed by atoms with Gasteiger partial charge in [0.25, 0.3) is 5.91 Å². The van der Waals surface area contributed by atoms with Crippen molar-refractivity contribution in [1.29, 1.82) is 0 Å². The first-order chi connectivity index (χ1) is 11.0. The van der Waals surface area contributed by atoms with Gasteiger partial charge in [-0.25, -0.2) is 0 Å². The number of hydrogen-bond acceptors (Lipinski definition) is 4. The fourth-order valence-electron chi connectivity index (χ4n) is 2.96. The summed E-state index contributed by atoms with van der Waals surface area (Å²) >= 11 is 0. The highest BCUT2D eigenvalue weighted by Crippen LogP contribution is 2.33. The summed E-state index contributed by atoms with van der Waals surface area (Å²) in [6, 6.07) is 5.39. The summed E-state index contributed by atoms with van der Waals surface area (Å²) in [4.78, 5) is 26.4. The Balaban J connectivity index is 1.59. The lowest BCUT2D eigenvalue weighted by Gasteiger charge is -2.31. The molecule has 3 rings (SSSR count). The van der Waals surface area contributed by atoms with Crippen molar-refractivity contribution in [2.45, 2.75) is 32.7 Å². The van der Waals surface area contributed by atoms with E-state index in [0.29, 0.717) is 43.0 Å². The van der Waals surface area contributed by atoms with Crippen molar-refractivity contribution >= 4 is 11.8 Å². The lowest BCUT2D eigenvalue weighted by Crippen LogP contribution is -2.44. The number of piperidine rings is 1. The van der Waals surface area contributed by atoms with Crippen LogP contribution in [0.1, 0.15) is 37.0 Å². The summed E-state index contributed by atoms with van der Waals surface area (Å²) in [5.74, 6) is 1.35. The van der Waals surface area contributed by atoms with Crippen LogP contribution in [-0.2, 0) is 4.79 Å². The summed E-state index contributed by atoms with van der Waals surface area (Å²) in [6.07, 6.45) is 1.41. The SMILES string of the molecule is CC(C)NC(=O)C1CCN(C(=O)c2ccc3c(c2)OCO3)CC1. The van der Waals surface area contributed by atoms with E-state index in [1.807, 2.05) is 13.8 Å². The van der Waals surface area contributed by atoms with Crippen LogP contribution in [0.5, 0.6) is 11.5 Å². The van der Waals surface area contributed by atoms with E-state index in [0.717, 1.165) is 0 Å². The Labute approximate surface area is 135 Å². The minimum atomic E-state index is -0.0222. The maximum Gasteiger partial charge on any atom is 0.253 e. The van der Waals surface area contributed by atoms with Gasteiger partial charge in [0.1, 0.15) is 0 Å². The molecule has 2 aliphatic rings. The molecule has 0 atom stereocenters. The second-order valence-electron chi connectivity index (χ2n) is 6.30. The molecule has 1 saturated heterocycles. The highest BCUT2D eigenvalue weighted by molar-refractivity contribution is 5.95. The van der Waals surface area contributed by atoms with E-state index in [4.69, 9.17) is 9.47 Å². The molecule has 2 heterocycles. The van der Waals surface area contributed by atoms with Gasteiger partial charge in [-0.15, -0.1) is 0 Å². The van der Waals surface area contributed by atoms with Crippen molar-refractivity contribution in [3.05, 3.63) is 23.8 Å². The number of carbonyl (C=O) groups is 2. The van der Waals surface area contributed by atoms with E-state index >= 15 is 0 Å². The highest BCUT2D eigenvalue weighted by Gasteiger charge is 2.28. The molecular formula is C17H22N2O4. The molecule has 23 heavy (non-hydrogen) atoms. The molecule has 1 aromatic rings. The Morgan fingerprint density at radius 2 is 1.87 bits per heavy atom. The number of hydrogen-bond donors (Lipinski definition) is 1. The standard InChI is InChI=1S/C17H22N2O4/c1-11(2)18-16(20)12-5-7-19(8-6-12)17(21)13-3-4-14-15(9-13)23-10-22-14/h3-4,9,11-12H,5-8,10H2,1-2H3,(H,18,20). The van der Waals surface area contributed by atoms with E-state index in [9.17, 15) is 9.59 Å². The Bertz CT molecular complexity index is 607. The first-order valence-electron chi connectivity index (χ1n) is 8.04. The smallest absolute Gasteiger partial charge is 0.253 e. The zero-order chi connectivity index (χ0) is 16.4. The lowest BCUT2D eigenvalue weighted by atomic mass is 9.95. The Morgan fingerprint density at radius 3 is 2.57 bits per heavy atom. The number of ether oxygens (including phenoxy) is 2. The van der Waals surface area contributed by atoms with Gasteiger partial charge in [-0.2, -0.15) is 0 Å². The molecule has 1 fully saturated rings. The maximum absolute atomic E-state index is 12.6. The number of rotatable bonds is 3. The Kier molecular flexibility index (Phi) is 4.41. The van der Waals surface area contributed by atoms with E-state index in [1.165, 1.54) is 0 Å². The van der Waals surface area contributed by atoms with Gasteiger partial charge in [-0.05, 0) is 44.9 Å². The first-order valence-corrected chi connectivity index (χ1v) is 8.04. The summed E-state index contributed by atoms with van der Waals surface area (Å²) in [5.41, 5.74) is 0.597. The number of likely N-dealkylation sites (tertiary alicyclic amines) is 1. The minimum absolute atomic E-state index is 0.00166. The highest BCUT2D eigenvalue weighted by atomic mass is 16.7. The number of amides is 2. The molecule has 0 aliphatic carbocycles. The Hall–Kier alpha value is -2.24. The van der Waals surface area contributed by atoms with E-state index in [2.05, 4.69) is 5.32 Å². The van der Waals surface area contributed by atoms with Gasteiger partial charge in [-0.1, -0.05) is 0 Å². The largest absolute Gasteiger partial charge is 0.454 e. The molecule has 2 aliphatic heterocycles. The predicted molar refractivity (Wildman–Crippen MR) is 84.5 cm³/mol. The van der Waals surface area contributed by atoms with Gasteiger partial charge in [0.15, 0.2) is 11.5 Å². The topological polar surface area (TPSA) is 67.9 Å². The normalized spacial score (nSPS) is 17.4. The van der Waals surface area contributed by atoms with Crippen LogP contribution in [-0.4, -0.2) is 42.6 Å². The second kappa shape index (κ2) is 6.48. The van der Waals surface area contributed by atoms with Crippen molar-refractivity contribution in [3.8, 4) is 11.5 Å². The van der Waals surface area contributed by atoms with Crippen molar-refractivity contribution in [3.63, 3.8) is 0 Å². The average molecular weight is 318 g/mol. The van der Waals surface area contributed by atoms with Gasteiger partial charge in [0.2, 0.25) is 12.7 Å². The molecule has 0 saturated carbocycles. The van der Waals surface area contributed by atoms with Crippen LogP contribution in [0.25, 0.3) is 0 Å². The molecule has 6 nitrogen and oxygen atoms in total. The molecule has 0 bridgehead atoms. The first kappa shape index (κ1) is 15.6. The number of benzene rings is 1. The van der Waals surface area contributed by atoms with Crippen molar-refractivity contribution < 1.29 is 19.1 Å². The van der Waals surface area contributed by atoms with Gasteiger partial charge >= 0.3 is 0 Å². The summed E-state index contributed by atoms with van der Waals surface area (Å²) in [5, 5.41) is 2.94. The van der Waals surface area contributed by atoms with Crippen molar-refractivity contribution in [2.24, 2.45) is 5.92 Å². The molecule has 0 aromatic heterocycles. The van der Waals surface area contributed by atoms with Crippen molar-refractivity contribution in [2.75, 3.05) is 19.9 Å². The second-order valence-corrected chi connectivity index (χ2v) is 6.30. The van der Waals surface area contributed by atoms with Gasteiger partial charge in [0.05, 0.1) is 0 Å². The van der Waals surface area contributed by atoms with Crippen LogP contribution < -0.4 is 14.8 Å². The van der Waals surface area contributed by atoms with Crippen LogP contribution in [0.15, 0.2) is 18.2 Å². The van der Waals surface area contributed by atoms with Crippen LogP contribution >= 0.6 is 0 Å². The molecule has 2 amide bonds. The van der Waals surface area contributed by atoms with E-state index in [1.54, 1.807) is 23.1 Å². The van der Waals surface area contributed by atoms with Crippen LogP contribution in [0.3, 0.4) is 0 Å². The third kappa shape index (κ3) is 3.41. The van der Waals surface area contributed by atoms with E-state index < -0.39 is 0 Å². The quantitative estimate of drug-likeness (QED) is 0.922. The molecule has 1 aromatic carbocycles. The number of nitrogens with one attached hydrogen (secondary N) is 1. The maximum atomic E-state index is 12.6. The van der Waals surface area contributed by atoms with Crippen LogP contribution in [0.4, 0.5) is 0 Å². The third-order valence-corrected chi connectivity index (χ3v) is 4.20. The molecule has 0 unspecified atom stereocenters. The van der Waals surface area contributed by atoms with Crippen LogP contribution in [0.2, 0.25) is 0 Å². The monoisotopic (exact) mass is 318 g/mol. The predicted octanol–water partition coefficient (Wildman–Crippen LogP) is 1.79. The molecule has 0 spiro atoms. The fourth-order valence-corrected chi connectivity index (χ4v) is 2.96. The Morgan fingerprint density at radius 1 is 1.17 bits per heavy atom. The van der Waals surface area contributed by atoms with Crippen molar-refractivity contribution in [1.82, 2.24) is 10.2 Å². The molecule has 124 valence electrons. The number of fused-ring (bicyclic) bond motifs is 1. The van der Waals surface area contributed by atoms with Gasteiger partial charge in [0, 0.05) is 30.6 Å². The molecule has 1 N–H and O–H groups in total. The fraction of sp³-hybridized carbons (Fsp3) is 0.529. The summed E-state index contributed by atoms with van der Waals surface area (Å²) in [7, 11) is 0. The van der Waals surface area contributed by atoms with Crippen LogP contribution in [0, 0.1) is 5.92 Å². The average Bonchev–Trinajstić information content (AvgIpc) is 3.01. The lowest BCUT2D eigenvalue weighted by molar-refractivity contribution is -0.126.